The van der Waals surface area contributed by atoms with Gasteiger partial charge in [-0.05, 0) is 37.0 Å². The Bertz CT molecular complexity index is 1330. The molecule has 4 rings (SSSR count). The molecule has 0 spiro atoms. The summed E-state index contributed by atoms with van der Waals surface area (Å²) in [5.41, 5.74) is -0.000701. The Labute approximate surface area is 218 Å². The number of alkyl halides is 3. The highest BCUT2D eigenvalue weighted by molar-refractivity contribution is 5.97. The second-order valence-corrected chi connectivity index (χ2v) is 9.16. The number of nitrogens with zero attached hydrogens (tertiary/aromatic N) is 2. The molecule has 1 N–H and O–H groups in total. The number of ether oxygens (including phenoxy) is 2. The molecular weight excluding hydrogens is 501 g/mol. The van der Waals surface area contributed by atoms with E-state index in [4.69, 9.17) is 9.47 Å². The molecule has 2 heterocycles. The summed E-state index contributed by atoms with van der Waals surface area (Å²) in [6, 6.07) is 15.7. The highest BCUT2D eigenvalue weighted by Gasteiger charge is 2.33. The first-order valence-electron chi connectivity index (χ1n) is 12.2. The molecule has 1 saturated heterocycles. The van der Waals surface area contributed by atoms with Crippen LogP contribution in [0.25, 0.3) is 5.69 Å². The summed E-state index contributed by atoms with van der Waals surface area (Å²) in [6.07, 6.45) is -5.26. The number of hydrogen-bond acceptors (Lipinski definition) is 5. The Kier molecular flexibility index (Phi) is 7.99. The zero-order valence-electron chi connectivity index (χ0n) is 21.1. The van der Waals surface area contributed by atoms with E-state index in [2.05, 4.69) is 0 Å². The number of amides is 1. The van der Waals surface area contributed by atoms with Gasteiger partial charge in [0.15, 0.2) is 0 Å². The first-order valence-corrected chi connectivity index (χ1v) is 12.2. The van der Waals surface area contributed by atoms with Crippen LogP contribution >= 0.6 is 0 Å². The number of benzene rings is 2. The average Bonchev–Trinajstić information content (AvgIpc) is 3.39. The lowest BCUT2D eigenvalue weighted by atomic mass is 9.99. The summed E-state index contributed by atoms with van der Waals surface area (Å²) in [4.78, 5) is 29.0. The zero-order chi connectivity index (χ0) is 27.4. The number of carbonyl (C=O) groups excluding carboxylic acids is 1. The summed E-state index contributed by atoms with van der Waals surface area (Å²) in [6.45, 7) is 0.760. The van der Waals surface area contributed by atoms with Crippen LogP contribution in [0.4, 0.5) is 13.2 Å². The van der Waals surface area contributed by atoms with Crippen LogP contribution in [0.15, 0.2) is 59.4 Å². The minimum atomic E-state index is -4.38. The van der Waals surface area contributed by atoms with Gasteiger partial charge >= 0.3 is 6.18 Å². The molecule has 0 radical (unpaired) electrons. The summed E-state index contributed by atoms with van der Waals surface area (Å²) in [7, 11) is 2.76. The molecule has 3 aromatic rings. The van der Waals surface area contributed by atoms with E-state index >= 15 is 0 Å². The van der Waals surface area contributed by atoms with E-state index in [1.807, 2.05) is 30.3 Å². The van der Waals surface area contributed by atoms with Gasteiger partial charge in [-0.25, -0.2) is 0 Å². The molecular formula is C28H29F3N2O5. The fourth-order valence-corrected chi connectivity index (χ4v) is 4.90. The number of methoxy groups -OCH3 is 2. The van der Waals surface area contributed by atoms with Gasteiger partial charge in [0.1, 0.15) is 28.5 Å². The third-order valence-electron chi connectivity index (χ3n) is 6.74. The van der Waals surface area contributed by atoms with Crippen LogP contribution in [0.1, 0.15) is 46.8 Å². The second kappa shape index (κ2) is 11.2. The molecule has 1 aromatic heterocycles. The monoisotopic (exact) mass is 530 g/mol. The van der Waals surface area contributed by atoms with E-state index in [1.165, 1.54) is 25.2 Å². The Hall–Kier alpha value is -3.95. The Morgan fingerprint density at radius 3 is 2.32 bits per heavy atom. The molecule has 202 valence electrons. The Morgan fingerprint density at radius 2 is 1.71 bits per heavy atom. The second-order valence-electron chi connectivity index (χ2n) is 9.16. The van der Waals surface area contributed by atoms with E-state index < -0.39 is 35.4 Å². The van der Waals surface area contributed by atoms with Crippen molar-refractivity contribution in [1.29, 1.82) is 0 Å². The lowest BCUT2D eigenvalue weighted by Gasteiger charge is -2.22. The number of likely N-dealkylation sites (tertiary alicyclic amines) is 1. The van der Waals surface area contributed by atoms with Crippen LogP contribution < -0.4 is 15.0 Å². The normalized spacial score (nSPS) is 15.5. The van der Waals surface area contributed by atoms with E-state index in [0.717, 1.165) is 10.1 Å². The predicted molar refractivity (Wildman–Crippen MR) is 136 cm³/mol. The van der Waals surface area contributed by atoms with Crippen molar-refractivity contribution in [2.24, 2.45) is 0 Å². The van der Waals surface area contributed by atoms with Gasteiger partial charge in [-0.1, -0.05) is 36.4 Å². The first kappa shape index (κ1) is 27.1. The first-order chi connectivity index (χ1) is 18.1. The maximum absolute atomic E-state index is 13.9. The van der Waals surface area contributed by atoms with Crippen LogP contribution in [-0.4, -0.2) is 54.0 Å². The zero-order valence-corrected chi connectivity index (χ0v) is 21.1. The number of aromatic nitrogens is 1. The van der Waals surface area contributed by atoms with Gasteiger partial charge in [0.25, 0.3) is 11.5 Å². The fourth-order valence-electron chi connectivity index (χ4n) is 4.90. The van der Waals surface area contributed by atoms with Gasteiger partial charge in [-0.2, -0.15) is 13.2 Å². The van der Waals surface area contributed by atoms with E-state index in [1.54, 1.807) is 18.2 Å². The van der Waals surface area contributed by atoms with Crippen LogP contribution in [0.2, 0.25) is 0 Å². The number of para-hydroxylation sites is 1. The molecule has 0 saturated carbocycles. The molecule has 2 aromatic carbocycles. The summed E-state index contributed by atoms with van der Waals surface area (Å²) >= 11 is 0. The smallest absolute Gasteiger partial charge is 0.389 e. The van der Waals surface area contributed by atoms with Crippen LogP contribution in [0, 0.1) is 0 Å². The highest BCUT2D eigenvalue weighted by atomic mass is 19.4. The Balaban J connectivity index is 1.78. The molecule has 7 nitrogen and oxygen atoms in total. The van der Waals surface area contributed by atoms with Crippen molar-refractivity contribution >= 4 is 5.91 Å². The maximum Gasteiger partial charge on any atom is 0.389 e. The summed E-state index contributed by atoms with van der Waals surface area (Å²) in [5, 5.41) is 10.8. The van der Waals surface area contributed by atoms with Gasteiger partial charge in [0.05, 0.1) is 14.2 Å². The topological polar surface area (TPSA) is 81.0 Å². The maximum atomic E-state index is 13.9. The summed E-state index contributed by atoms with van der Waals surface area (Å²) < 4.78 is 50.6. The quantitative estimate of drug-likeness (QED) is 0.440. The molecule has 1 aliphatic rings. The van der Waals surface area contributed by atoms with Crippen molar-refractivity contribution in [1.82, 2.24) is 9.47 Å². The van der Waals surface area contributed by atoms with Gasteiger partial charge < -0.3 is 19.5 Å². The average molecular weight is 531 g/mol. The highest BCUT2D eigenvalue weighted by Crippen LogP contribution is 2.35. The van der Waals surface area contributed by atoms with Gasteiger partial charge in [-0.15, -0.1) is 0 Å². The minimum absolute atomic E-state index is 0.0838. The molecule has 1 atom stereocenters. The number of aromatic hydroxyl groups is 1. The fraction of sp³-hybridized carbons (Fsp3) is 0.357. The SMILES string of the molecule is COc1cccc(OC)c1-n1c(CCCC(F)(F)F)cc(O)c(C(=O)N2CC[C@H](c3ccccc3)C2)c1=O. The molecule has 0 unspecified atom stereocenters. The number of hydrogen-bond donors (Lipinski definition) is 1. The van der Waals surface area contributed by atoms with Crippen molar-refractivity contribution in [3.05, 3.63) is 81.8 Å². The number of aryl methyl sites for hydroxylation is 1. The van der Waals surface area contributed by atoms with Crippen LogP contribution in [0.3, 0.4) is 0 Å². The molecule has 38 heavy (non-hydrogen) atoms. The molecule has 1 aliphatic heterocycles. The largest absolute Gasteiger partial charge is 0.507 e. The molecule has 1 amide bonds. The molecule has 0 bridgehead atoms. The lowest BCUT2D eigenvalue weighted by Crippen LogP contribution is -2.36. The third-order valence-corrected chi connectivity index (χ3v) is 6.74. The predicted octanol–water partition coefficient (Wildman–Crippen LogP) is 5.08. The molecule has 1 fully saturated rings. The van der Waals surface area contributed by atoms with E-state index in [9.17, 15) is 27.9 Å². The van der Waals surface area contributed by atoms with Crippen molar-refractivity contribution in [2.75, 3.05) is 27.3 Å². The molecule has 10 heteroatoms. The third kappa shape index (κ3) is 5.64. The van der Waals surface area contributed by atoms with Crippen molar-refractivity contribution in [2.45, 2.75) is 37.8 Å². The minimum Gasteiger partial charge on any atom is -0.507 e. The summed E-state index contributed by atoms with van der Waals surface area (Å²) in [5.74, 6) is -0.693. The van der Waals surface area contributed by atoms with Crippen LogP contribution in [0.5, 0.6) is 17.2 Å². The lowest BCUT2D eigenvalue weighted by molar-refractivity contribution is -0.135. The number of pyridine rings is 1. The van der Waals surface area contributed by atoms with E-state index in [0.29, 0.717) is 19.5 Å². The number of rotatable bonds is 8. The van der Waals surface area contributed by atoms with Crippen LogP contribution in [-0.2, 0) is 6.42 Å². The van der Waals surface area contributed by atoms with Gasteiger partial charge in [-0.3, -0.25) is 14.2 Å². The Morgan fingerprint density at radius 1 is 1.05 bits per heavy atom. The van der Waals surface area contributed by atoms with E-state index in [-0.39, 0.29) is 41.6 Å². The molecule has 0 aliphatic carbocycles. The van der Waals surface area contributed by atoms with Gasteiger partial charge in [0.2, 0.25) is 0 Å². The van der Waals surface area contributed by atoms with Crippen molar-refractivity contribution in [3.8, 4) is 22.9 Å². The standard InChI is InChI=1S/C28H29F3N2O5/c1-37-22-11-6-12-23(38-2)25(22)33-20(10-7-14-28(29,30)31)16-21(34)24(27(33)36)26(35)32-15-13-19(17-32)18-8-4-3-5-9-18/h3-6,8-9,11-12,16,19,34H,7,10,13-15,17H2,1-2H3/t19-/m0/s1. The number of carbonyl (C=O) groups is 1. The van der Waals surface area contributed by atoms with Crippen molar-refractivity contribution < 1.29 is 32.5 Å². The van der Waals surface area contributed by atoms with Gasteiger partial charge in [0, 0.05) is 37.2 Å². The number of halogens is 3. The van der Waals surface area contributed by atoms with Crippen molar-refractivity contribution in [3.63, 3.8) is 0 Å².